The van der Waals surface area contributed by atoms with Crippen molar-refractivity contribution in [3.8, 4) is 0 Å². The van der Waals surface area contributed by atoms with Gasteiger partial charge in [-0.2, -0.15) is 0 Å². The van der Waals surface area contributed by atoms with Crippen molar-refractivity contribution < 1.29 is 4.79 Å². The zero-order chi connectivity index (χ0) is 7.56. The van der Waals surface area contributed by atoms with Crippen LogP contribution in [0.3, 0.4) is 0 Å². The van der Waals surface area contributed by atoms with E-state index in [1.807, 2.05) is 0 Å². The van der Waals surface area contributed by atoms with Crippen LogP contribution in [0.1, 0.15) is 0 Å². The normalized spacial score (nSPS) is 18.7. The minimum Gasteiger partial charge on any atom is -0.393 e. The fourth-order valence-corrected chi connectivity index (χ4v) is 0.661. The van der Waals surface area contributed by atoms with Gasteiger partial charge in [0.25, 0.3) is 5.91 Å². The SMILES string of the molecule is CN1CC=NC=C(N)C1=O. The Hall–Kier alpha value is -1.32. The number of aliphatic imine (C=N–C) groups is 1. The molecule has 0 unspecified atom stereocenters. The molecule has 0 radical (unpaired) electrons. The van der Waals surface area contributed by atoms with Crippen LogP contribution in [-0.4, -0.2) is 30.6 Å². The summed E-state index contributed by atoms with van der Waals surface area (Å²) in [6.07, 6.45) is 3.00. The molecule has 0 saturated carbocycles. The number of hydrogen-bond acceptors (Lipinski definition) is 3. The largest absolute Gasteiger partial charge is 0.393 e. The Kier molecular flexibility index (Phi) is 1.71. The summed E-state index contributed by atoms with van der Waals surface area (Å²) in [4.78, 5) is 16.3. The maximum absolute atomic E-state index is 11.0. The second-order valence-electron chi connectivity index (χ2n) is 2.10. The highest BCUT2D eigenvalue weighted by molar-refractivity contribution is 5.94. The summed E-state index contributed by atoms with van der Waals surface area (Å²) in [5, 5.41) is 0. The molecule has 0 aromatic carbocycles. The molecule has 0 aromatic rings. The highest BCUT2D eigenvalue weighted by Crippen LogP contribution is 1.95. The van der Waals surface area contributed by atoms with Crippen molar-refractivity contribution in [2.24, 2.45) is 10.7 Å². The van der Waals surface area contributed by atoms with Crippen molar-refractivity contribution >= 4 is 12.1 Å². The second-order valence-corrected chi connectivity index (χ2v) is 2.10. The molecule has 0 aliphatic carbocycles. The molecule has 0 saturated heterocycles. The zero-order valence-corrected chi connectivity index (χ0v) is 5.74. The smallest absolute Gasteiger partial charge is 0.271 e. The first kappa shape index (κ1) is 6.80. The first-order chi connectivity index (χ1) is 4.72. The van der Waals surface area contributed by atoms with E-state index in [0.717, 1.165) is 0 Å². The molecule has 0 atom stereocenters. The molecule has 0 spiro atoms. The highest BCUT2D eigenvalue weighted by Gasteiger charge is 2.11. The van der Waals surface area contributed by atoms with Gasteiger partial charge in [0.05, 0.1) is 12.7 Å². The number of nitrogens with two attached hydrogens (primary N) is 1. The van der Waals surface area contributed by atoms with Gasteiger partial charge < -0.3 is 10.6 Å². The van der Waals surface area contributed by atoms with Crippen LogP contribution in [0.15, 0.2) is 16.9 Å². The van der Waals surface area contributed by atoms with Crippen LogP contribution in [0.25, 0.3) is 0 Å². The average molecular weight is 139 g/mol. The molecule has 0 fully saturated rings. The van der Waals surface area contributed by atoms with Crippen LogP contribution in [-0.2, 0) is 4.79 Å². The molecule has 4 heteroatoms. The summed E-state index contributed by atoms with van der Waals surface area (Å²) >= 11 is 0. The predicted octanol–water partition coefficient (Wildman–Crippen LogP) is -0.671. The number of carbonyl (C=O) groups is 1. The Morgan fingerprint density at radius 2 is 2.50 bits per heavy atom. The summed E-state index contributed by atoms with van der Waals surface area (Å²) in [5.41, 5.74) is 5.52. The van der Waals surface area contributed by atoms with Crippen molar-refractivity contribution in [1.82, 2.24) is 4.90 Å². The minimum absolute atomic E-state index is 0.169. The van der Waals surface area contributed by atoms with Gasteiger partial charge in [-0.05, 0) is 0 Å². The third-order valence-corrected chi connectivity index (χ3v) is 1.27. The molecule has 0 aromatic heterocycles. The van der Waals surface area contributed by atoms with Crippen molar-refractivity contribution in [1.29, 1.82) is 0 Å². The number of likely N-dealkylation sites (N-methyl/N-ethyl adjacent to an activating group) is 1. The van der Waals surface area contributed by atoms with Crippen LogP contribution in [0.2, 0.25) is 0 Å². The van der Waals surface area contributed by atoms with E-state index in [1.54, 1.807) is 13.3 Å². The maximum atomic E-state index is 11.0. The van der Waals surface area contributed by atoms with Gasteiger partial charge in [-0.3, -0.25) is 9.79 Å². The highest BCUT2D eigenvalue weighted by atomic mass is 16.2. The topological polar surface area (TPSA) is 58.7 Å². The van der Waals surface area contributed by atoms with Gasteiger partial charge in [0, 0.05) is 13.3 Å². The van der Waals surface area contributed by atoms with Crippen molar-refractivity contribution in [2.45, 2.75) is 0 Å². The van der Waals surface area contributed by atoms with E-state index in [4.69, 9.17) is 5.73 Å². The van der Waals surface area contributed by atoms with E-state index in [1.165, 1.54) is 11.1 Å². The molecule has 1 aliphatic heterocycles. The maximum Gasteiger partial charge on any atom is 0.271 e. The lowest BCUT2D eigenvalue weighted by Gasteiger charge is -2.11. The molecular formula is C6H9N3O. The molecule has 1 amide bonds. The number of nitrogens with zero attached hydrogens (tertiary/aromatic N) is 2. The van der Waals surface area contributed by atoms with Crippen LogP contribution < -0.4 is 5.73 Å². The monoisotopic (exact) mass is 139 g/mol. The quantitative estimate of drug-likeness (QED) is 0.484. The van der Waals surface area contributed by atoms with Gasteiger partial charge in [0.15, 0.2) is 0 Å². The third kappa shape index (κ3) is 1.15. The molecule has 1 heterocycles. The predicted molar refractivity (Wildman–Crippen MR) is 38.4 cm³/mol. The van der Waals surface area contributed by atoms with Gasteiger partial charge in [-0.1, -0.05) is 0 Å². The van der Waals surface area contributed by atoms with E-state index in [0.29, 0.717) is 6.54 Å². The molecule has 1 aliphatic rings. The number of amides is 1. The van der Waals surface area contributed by atoms with Gasteiger partial charge in [-0.25, -0.2) is 0 Å². The fourth-order valence-electron chi connectivity index (χ4n) is 0.661. The molecule has 0 bridgehead atoms. The van der Waals surface area contributed by atoms with Gasteiger partial charge in [0.1, 0.15) is 5.70 Å². The van der Waals surface area contributed by atoms with Gasteiger partial charge in [0.2, 0.25) is 0 Å². The average Bonchev–Trinajstić information content (AvgIpc) is 2.04. The van der Waals surface area contributed by atoms with Crippen LogP contribution in [0, 0.1) is 0 Å². The Balaban J connectivity index is 2.83. The van der Waals surface area contributed by atoms with E-state index >= 15 is 0 Å². The number of rotatable bonds is 0. The molecule has 4 nitrogen and oxygen atoms in total. The van der Waals surface area contributed by atoms with Gasteiger partial charge >= 0.3 is 0 Å². The van der Waals surface area contributed by atoms with E-state index in [2.05, 4.69) is 4.99 Å². The Bertz CT molecular complexity index is 207. The Labute approximate surface area is 59.0 Å². The lowest BCUT2D eigenvalue weighted by Crippen LogP contribution is -2.31. The van der Waals surface area contributed by atoms with E-state index in [-0.39, 0.29) is 11.6 Å². The van der Waals surface area contributed by atoms with Gasteiger partial charge in [-0.15, -0.1) is 0 Å². The molecular weight excluding hydrogens is 130 g/mol. The first-order valence-electron chi connectivity index (χ1n) is 2.94. The van der Waals surface area contributed by atoms with Crippen molar-refractivity contribution in [3.05, 3.63) is 11.9 Å². The Morgan fingerprint density at radius 3 is 3.20 bits per heavy atom. The minimum atomic E-state index is -0.169. The standard InChI is InChI=1S/C6H9N3O/c1-9-3-2-8-4-5(7)6(9)10/h2,4H,3,7H2,1H3. The number of carbonyl (C=O) groups excluding carboxylic acids is 1. The fraction of sp³-hybridized carbons (Fsp3) is 0.333. The van der Waals surface area contributed by atoms with E-state index in [9.17, 15) is 4.79 Å². The van der Waals surface area contributed by atoms with Crippen LogP contribution >= 0.6 is 0 Å². The van der Waals surface area contributed by atoms with Crippen molar-refractivity contribution in [2.75, 3.05) is 13.6 Å². The molecule has 2 N–H and O–H groups in total. The summed E-state index contributed by atoms with van der Waals surface area (Å²) in [6, 6.07) is 0. The lowest BCUT2D eigenvalue weighted by atomic mass is 10.4. The molecule has 1 rings (SSSR count). The third-order valence-electron chi connectivity index (χ3n) is 1.27. The van der Waals surface area contributed by atoms with Crippen molar-refractivity contribution in [3.63, 3.8) is 0 Å². The summed E-state index contributed by atoms with van der Waals surface area (Å²) in [6.45, 7) is 0.524. The Morgan fingerprint density at radius 1 is 1.80 bits per heavy atom. The summed E-state index contributed by atoms with van der Waals surface area (Å²) in [5.74, 6) is -0.169. The van der Waals surface area contributed by atoms with Crippen LogP contribution in [0.4, 0.5) is 0 Å². The van der Waals surface area contributed by atoms with Crippen LogP contribution in [0.5, 0.6) is 0 Å². The molecule has 10 heavy (non-hydrogen) atoms. The number of hydrogen-bond donors (Lipinski definition) is 1. The van der Waals surface area contributed by atoms with E-state index < -0.39 is 0 Å². The second kappa shape index (κ2) is 2.51. The first-order valence-corrected chi connectivity index (χ1v) is 2.94. The lowest BCUT2D eigenvalue weighted by molar-refractivity contribution is -0.125. The molecule has 54 valence electrons. The summed E-state index contributed by atoms with van der Waals surface area (Å²) in [7, 11) is 1.68. The summed E-state index contributed by atoms with van der Waals surface area (Å²) < 4.78 is 0. The zero-order valence-electron chi connectivity index (χ0n) is 5.74.